The third kappa shape index (κ3) is 7.16. The topological polar surface area (TPSA) is 118 Å². The van der Waals surface area contributed by atoms with Crippen LogP contribution >= 0.6 is 19.2 Å². The molecule has 0 fully saturated rings. The van der Waals surface area contributed by atoms with Gasteiger partial charge >= 0.3 is 7.60 Å². The Morgan fingerprint density at radius 3 is 2.52 bits per heavy atom. The molecule has 0 aliphatic carbocycles. The van der Waals surface area contributed by atoms with Gasteiger partial charge in [0.15, 0.2) is 0 Å². The van der Waals surface area contributed by atoms with Crippen molar-refractivity contribution in [2.75, 3.05) is 12.7 Å². The Bertz CT molecular complexity index is 1050. The van der Waals surface area contributed by atoms with Crippen LogP contribution in [0.2, 0.25) is 5.02 Å². The molecule has 3 rings (SSSR count). The summed E-state index contributed by atoms with van der Waals surface area (Å²) in [6.07, 6.45) is 0.330. The van der Waals surface area contributed by atoms with Crippen molar-refractivity contribution >= 4 is 19.2 Å². The van der Waals surface area contributed by atoms with Gasteiger partial charge in [0.1, 0.15) is 5.75 Å². The first kappa shape index (κ1) is 23.4. The molecule has 0 aliphatic rings. The summed E-state index contributed by atoms with van der Waals surface area (Å²) in [5.74, 6) is 1.44. The molecule has 0 bridgehead atoms. The highest BCUT2D eigenvalue weighted by molar-refractivity contribution is 7.51. The van der Waals surface area contributed by atoms with E-state index in [4.69, 9.17) is 30.6 Å². The van der Waals surface area contributed by atoms with E-state index in [0.717, 1.165) is 16.7 Å². The van der Waals surface area contributed by atoms with E-state index in [1.165, 1.54) is 0 Å². The predicted octanol–water partition coefficient (Wildman–Crippen LogP) is 4.50. The molecule has 1 aromatic heterocycles. The van der Waals surface area contributed by atoms with Crippen LogP contribution in [0.3, 0.4) is 0 Å². The molecule has 1 heterocycles. The summed E-state index contributed by atoms with van der Waals surface area (Å²) in [6, 6.07) is 13.0. The first-order chi connectivity index (χ1) is 14.7. The average molecular weight is 466 g/mol. The van der Waals surface area contributed by atoms with Crippen molar-refractivity contribution in [1.29, 1.82) is 0 Å². The number of nitrogens with zero attached hydrogens (tertiary/aromatic N) is 2. The Morgan fingerprint density at radius 1 is 1.16 bits per heavy atom. The standard InChI is InChI=1S/C21H25ClN3O5P/c1-14(2)29-19-9-8-17(12-18(19)22)20-24-21(30-25-20)16-6-4-15(5-7-16)13-23-10-3-11-31(26,27)28/h4-9,12,14,23H,3,10-11,13H2,1-2H3,(H2,26,27,28). The molecule has 2 aromatic carbocycles. The van der Waals surface area contributed by atoms with Gasteiger partial charge in [-0.3, -0.25) is 4.57 Å². The average Bonchev–Trinajstić information content (AvgIpc) is 3.19. The Hall–Kier alpha value is -2.22. The van der Waals surface area contributed by atoms with Gasteiger partial charge in [-0.05, 0) is 62.7 Å². The maximum absolute atomic E-state index is 10.8. The van der Waals surface area contributed by atoms with Crippen LogP contribution in [0.15, 0.2) is 47.0 Å². The van der Waals surface area contributed by atoms with Gasteiger partial charge < -0.3 is 24.4 Å². The summed E-state index contributed by atoms with van der Waals surface area (Å²) in [7, 11) is -3.93. The molecule has 0 aliphatic heterocycles. The van der Waals surface area contributed by atoms with Gasteiger partial charge in [-0.25, -0.2) is 0 Å². The number of benzene rings is 2. The number of rotatable bonds is 10. The Balaban J connectivity index is 1.60. The summed E-state index contributed by atoms with van der Waals surface area (Å²) in [5, 5.41) is 7.69. The van der Waals surface area contributed by atoms with E-state index in [9.17, 15) is 4.57 Å². The zero-order valence-electron chi connectivity index (χ0n) is 17.3. The van der Waals surface area contributed by atoms with Crippen LogP contribution in [0.5, 0.6) is 5.75 Å². The minimum Gasteiger partial charge on any atom is -0.489 e. The molecule has 3 aromatic rings. The second-order valence-corrected chi connectivity index (χ2v) is 9.53. The lowest BCUT2D eigenvalue weighted by Gasteiger charge is -2.11. The van der Waals surface area contributed by atoms with Gasteiger partial charge in [0.05, 0.1) is 17.3 Å². The zero-order chi connectivity index (χ0) is 22.4. The maximum atomic E-state index is 10.8. The number of nitrogens with one attached hydrogen (secondary N) is 1. The van der Waals surface area contributed by atoms with E-state index in [1.807, 2.05) is 44.2 Å². The van der Waals surface area contributed by atoms with Crippen LogP contribution in [-0.4, -0.2) is 38.7 Å². The molecule has 166 valence electrons. The van der Waals surface area contributed by atoms with Crippen molar-refractivity contribution in [2.24, 2.45) is 0 Å². The van der Waals surface area contributed by atoms with Crippen LogP contribution in [0, 0.1) is 0 Å². The molecule has 3 N–H and O–H groups in total. The molecule has 0 amide bonds. The Labute approximate surface area is 185 Å². The maximum Gasteiger partial charge on any atom is 0.325 e. The van der Waals surface area contributed by atoms with Gasteiger partial charge in [-0.15, -0.1) is 0 Å². The number of ether oxygens (including phenoxy) is 1. The normalized spacial score (nSPS) is 11.8. The molecule has 10 heteroatoms. The number of hydrogen-bond donors (Lipinski definition) is 3. The molecular formula is C21H25ClN3O5P. The smallest absolute Gasteiger partial charge is 0.325 e. The van der Waals surface area contributed by atoms with Gasteiger partial charge in [0.2, 0.25) is 5.82 Å². The highest BCUT2D eigenvalue weighted by Gasteiger charge is 2.14. The summed E-state index contributed by atoms with van der Waals surface area (Å²) < 4.78 is 21.9. The SMILES string of the molecule is CC(C)Oc1ccc(-c2noc(-c3ccc(CNCCCP(=O)(O)O)cc3)n2)cc1Cl. The predicted molar refractivity (Wildman–Crippen MR) is 119 cm³/mol. The fraction of sp³-hybridized carbons (Fsp3) is 0.333. The summed E-state index contributed by atoms with van der Waals surface area (Å²) in [6.45, 7) is 5.00. The zero-order valence-corrected chi connectivity index (χ0v) is 18.9. The summed E-state index contributed by atoms with van der Waals surface area (Å²) >= 11 is 6.29. The molecule has 0 saturated heterocycles. The number of halogens is 1. The van der Waals surface area contributed by atoms with Crippen molar-refractivity contribution in [1.82, 2.24) is 15.5 Å². The number of aromatic nitrogens is 2. The van der Waals surface area contributed by atoms with E-state index in [-0.39, 0.29) is 12.3 Å². The molecule has 0 saturated carbocycles. The number of hydrogen-bond acceptors (Lipinski definition) is 6. The van der Waals surface area contributed by atoms with Gasteiger partial charge in [-0.1, -0.05) is 28.9 Å². The first-order valence-electron chi connectivity index (χ1n) is 9.86. The Morgan fingerprint density at radius 2 is 1.87 bits per heavy atom. The Kier molecular flexibility index (Phi) is 7.86. The second-order valence-electron chi connectivity index (χ2n) is 7.35. The van der Waals surface area contributed by atoms with Crippen LogP contribution in [0.4, 0.5) is 0 Å². The molecule has 0 spiro atoms. The van der Waals surface area contributed by atoms with E-state index in [2.05, 4.69) is 15.5 Å². The van der Waals surface area contributed by atoms with Crippen molar-refractivity contribution in [2.45, 2.75) is 32.9 Å². The van der Waals surface area contributed by atoms with Gasteiger partial charge in [0.25, 0.3) is 5.89 Å². The van der Waals surface area contributed by atoms with Gasteiger partial charge in [-0.2, -0.15) is 4.98 Å². The van der Waals surface area contributed by atoms with Crippen LogP contribution in [0.25, 0.3) is 22.8 Å². The van der Waals surface area contributed by atoms with E-state index in [0.29, 0.717) is 42.0 Å². The minimum absolute atomic E-state index is 0.0259. The molecule has 0 atom stereocenters. The lowest BCUT2D eigenvalue weighted by Crippen LogP contribution is -2.15. The first-order valence-corrected chi connectivity index (χ1v) is 12.0. The largest absolute Gasteiger partial charge is 0.489 e. The fourth-order valence-electron chi connectivity index (χ4n) is 2.86. The fourth-order valence-corrected chi connectivity index (χ4v) is 3.65. The minimum atomic E-state index is -3.93. The second kappa shape index (κ2) is 10.4. The molecule has 0 unspecified atom stereocenters. The third-order valence-corrected chi connectivity index (χ3v) is 5.51. The lowest BCUT2D eigenvalue weighted by molar-refractivity contribution is 0.242. The quantitative estimate of drug-likeness (QED) is 0.296. The highest BCUT2D eigenvalue weighted by atomic mass is 35.5. The van der Waals surface area contributed by atoms with Crippen molar-refractivity contribution in [3.8, 4) is 28.6 Å². The molecule has 8 nitrogen and oxygen atoms in total. The van der Waals surface area contributed by atoms with Crippen LogP contribution in [-0.2, 0) is 11.1 Å². The molecule has 31 heavy (non-hydrogen) atoms. The molecular weight excluding hydrogens is 441 g/mol. The van der Waals surface area contributed by atoms with Crippen LogP contribution in [0.1, 0.15) is 25.8 Å². The van der Waals surface area contributed by atoms with Gasteiger partial charge in [0, 0.05) is 17.7 Å². The van der Waals surface area contributed by atoms with Crippen molar-refractivity contribution in [3.63, 3.8) is 0 Å². The van der Waals surface area contributed by atoms with Crippen LogP contribution < -0.4 is 10.1 Å². The van der Waals surface area contributed by atoms with E-state index in [1.54, 1.807) is 12.1 Å². The molecule has 0 radical (unpaired) electrons. The lowest BCUT2D eigenvalue weighted by atomic mass is 10.1. The van der Waals surface area contributed by atoms with Crippen molar-refractivity contribution < 1.29 is 23.6 Å². The van der Waals surface area contributed by atoms with E-state index >= 15 is 0 Å². The highest BCUT2D eigenvalue weighted by Crippen LogP contribution is 2.34. The monoisotopic (exact) mass is 465 g/mol. The van der Waals surface area contributed by atoms with Crippen molar-refractivity contribution in [3.05, 3.63) is 53.1 Å². The van der Waals surface area contributed by atoms with E-state index < -0.39 is 7.60 Å². The third-order valence-electron chi connectivity index (χ3n) is 4.31. The summed E-state index contributed by atoms with van der Waals surface area (Å²) in [5.41, 5.74) is 2.55. The summed E-state index contributed by atoms with van der Waals surface area (Å²) in [4.78, 5) is 22.2.